The number of fused-ring (bicyclic) bond motifs is 1. The number of ether oxygens (including phenoxy) is 1. The van der Waals surface area contributed by atoms with Crippen LogP contribution in [0.2, 0.25) is 0 Å². The summed E-state index contributed by atoms with van der Waals surface area (Å²) < 4.78 is 4.81. The van der Waals surface area contributed by atoms with Crippen LogP contribution in [0.3, 0.4) is 0 Å². The van der Waals surface area contributed by atoms with Crippen molar-refractivity contribution >= 4 is 34.9 Å². The van der Waals surface area contributed by atoms with Crippen LogP contribution in [-0.2, 0) is 9.53 Å². The number of carbonyl (C=O) groups excluding carboxylic acids is 3. The van der Waals surface area contributed by atoms with Crippen molar-refractivity contribution < 1.29 is 19.1 Å². The van der Waals surface area contributed by atoms with E-state index < -0.39 is 11.9 Å². The van der Waals surface area contributed by atoms with Crippen LogP contribution in [0.4, 0.5) is 11.4 Å². The van der Waals surface area contributed by atoms with Crippen LogP contribution >= 0.6 is 0 Å². The summed E-state index contributed by atoms with van der Waals surface area (Å²) in [6, 6.07) is 21.8. The fourth-order valence-corrected chi connectivity index (χ4v) is 4.78. The lowest BCUT2D eigenvalue weighted by molar-refractivity contribution is -0.115. The number of nitrogens with zero attached hydrogens (tertiary/aromatic N) is 2. The van der Waals surface area contributed by atoms with Gasteiger partial charge in [-0.3, -0.25) is 14.6 Å². The predicted molar refractivity (Wildman–Crippen MR) is 138 cm³/mol. The highest BCUT2D eigenvalue weighted by atomic mass is 16.5. The average molecular weight is 482 g/mol. The number of nitrogens with one attached hydrogen (secondary N) is 1. The maximum absolute atomic E-state index is 13.1. The third-order valence-electron chi connectivity index (χ3n) is 6.66. The number of anilines is 1. The van der Waals surface area contributed by atoms with Gasteiger partial charge in [-0.2, -0.15) is 0 Å². The number of hydrogen-bond acceptors (Lipinski definition) is 5. The van der Waals surface area contributed by atoms with Crippen LogP contribution < -0.4 is 5.32 Å². The van der Waals surface area contributed by atoms with Crippen LogP contribution in [0.1, 0.15) is 57.0 Å². The number of benzene rings is 3. The Kier molecular flexibility index (Phi) is 6.62. The van der Waals surface area contributed by atoms with E-state index in [2.05, 4.69) is 5.32 Å². The molecule has 2 aliphatic rings. The Morgan fingerprint density at radius 3 is 2.28 bits per heavy atom. The Hall–Kier alpha value is -4.26. The van der Waals surface area contributed by atoms with Crippen molar-refractivity contribution in [1.82, 2.24) is 4.90 Å². The molecule has 2 amide bonds. The lowest BCUT2D eigenvalue weighted by Crippen LogP contribution is -2.35. The number of rotatable bonds is 5. The quantitative estimate of drug-likeness (QED) is 0.412. The van der Waals surface area contributed by atoms with Crippen molar-refractivity contribution in [3.8, 4) is 0 Å². The molecule has 1 saturated heterocycles. The highest BCUT2D eigenvalue weighted by Crippen LogP contribution is 2.37. The molecule has 2 aliphatic heterocycles. The predicted octanol–water partition coefficient (Wildman–Crippen LogP) is 4.96. The summed E-state index contributed by atoms with van der Waals surface area (Å²) >= 11 is 0. The van der Waals surface area contributed by atoms with Gasteiger partial charge >= 0.3 is 5.97 Å². The van der Waals surface area contributed by atoms with Gasteiger partial charge in [0.15, 0.2) is 0 Å². The van der Waals surface area contributed by atoms with Crippen LogP contribution in [0.5, 0.6) is 0 Å². The monoisotopic (exact) mass is 481 g/mol. The van der Waals surface area contributed by atoms with Gasteiger partial charge in [-0.15, -0.1) is 0 Å². The smallest absolute Gasteiger partial charge is 0.337 e. The Bertz CT molecular complexity index is 1330. The van der Waals surface area contributed by atoms with E-state index in [1.807, 2.05) is 47.4 Å². The Labute approximate surface area is 209 Å². The molecule has 0 spiro atoms. The molecule has 7 heteroatoms. The molecule has 1 atom stereocenters. The van der Waals surface area contributed by atoms with Crippen molar-refractivity contribution in [2.24, 2.45) is 4.99 Å². The number of carbonyl (C=O) groups is 3. The van der Waals surface area contributed by atoms with E-state index in [-0.39, 0.29) is 11.8 Å². The summed E-state index contributed by atoms with van der Waals surface area (Å²) in [7, 11) is 1.32. The number of methoxy groups -OCH3 is 1. The lowest BCUT2D eigenvalue weighted by Gasteiger charge is -2.26. The van der Waals surface area contributed by atoms with Gasteiger partial charge in [0, 0.05) is 24.3 Å². The number of likely N-dealkylation sites (tertiary alicyclic amines) is 1. The molecule has 1 N–H and O–H groups in total. The van der Waals surface area contributed by atoms with Gasteiger partial charge in [-0.1, -0.05) is 36.4 Å². The molecule has 0 saturated carbocycles. The maximum Gasteiger partial charge on any atom is 0.337 e. The normalized spacial score (nSPS) is 17.4. The molecule has 1 unspecified atom stereocenters. The zero-order valence-electron chi connectivity index (χ0n) is 20.1. The van der Waals surface area contributed by atoms with Crippen LogP contribution in [0.25, 0.3) is 0 Å². The molecule has 36 heavy (non-hydrogen) atoms. The molecule has 1 fully saturated rings. The molecule has 5 rings (SSSR count). The molecule has 182 valence electrons. The van der Waals surface area contributed by atoms with Crippen molar-refractivity contribution in [3.05, 3.63) is 95.1 Å². The zero-order valence-corrected chi connectivity index (χ0v) is 20.1. The number of piperidine rings is 1. The molecular formula is C29H27N3O4. The number of hydrogen-bond donors (Lipinski definition) is 1. The molecule has 0 radical (unpaired) electrons. The first-order chi connectivity index (χ1) is 17.5. The van der Waals surface area contributed by atoms with Crippen molar-refractivity contribution in [3.63, 3.8) is 0 Å². The first-order valence-corrected chi connectivity index (χ1v) is 12.1. The van der Waals surface area contributed by atoms with Gasteiger partial charge in [0.1, 0.15) is 5.92 Å². The van der Waals surface area contributed by atoms with Crippen molar-refractivity contribution in [2.75, 3.05) is 25.5 Å². The number of amides is 2. The van der Waals surface area contributed by atoms with E-state index in [4.69, 9.17) is 9.73 Å². The summed E-state index contributed by atoms with van der Waals surface area (Å²) in [5.41, 5.74) is 4.37. The molecule has 0 aliphatic carbocycles. The minimum atomic E-state index is -0.649. The third-order valence-corrected chi connectivity index (χ3v) is 6.66. The fourth-order valence-electron chi connectivity index (χ4n) is 4.78. The van der Waals surface area contributed by atoms with E-state index in [0.29, 0.717) is 28.2 Å². The maximum atomic E-state index is 13.1. The van der Waals surface area contributed by atoms with Gasteiger partial charge in [0.2, 0.25) is 5.91 Å². The topological polar surface area (TPSA) is 88.1 Å². The largest absolute Gasteiger partial charge is 0.465 e. The second kappa shape index (κ2) is 10.2. The third kappa shape index (κ3) is 4.64. The van der Waals surface area contributed by atoms with Gasteiger partial charge in [0.05, 0.1) is 24.1 Å². The molecule has 3 aromatic carbocycles. The highest BCUT2D eigenvalue weighted by Gasteiger charge is 2.36. The molecule has 7 nitrogen and oxygen atoms in total. The minimum Gasteiger partial charge on any atom is -0.465 e. The summed E-state index contributed by atoms with van der Waals surface area (Å²) in [4.78, 5) is 44.7. The molecule has 0 bridgehead atoms. The first kappa shape index (κ1) is 23.5. The Morgan fingerprint density at radius 1 is 0.889 bits per heavy atom. The van der Waals surface area contributed by atoms with Gasteiger partial charge in [-0.05, 0) is 66.8 Å². The molecule has 0 aromatic heterocycles. The van der Waals surface area contributed by atoms with E-state index in [9.17, 15) is 14.4 Å². The van der Waals surface area contributed by atoms with E-state index >= 15 is 0 Å². The SMILES string of the molecule is COC(=O)c1ccc2c(c1)NC(=O)C2C(=Nc1ccc(C(=O)N2CCCCC2)cc1)c1ccccc1. The summed E-state index contributed by atoms with van der Waals surface area (Å²) in [6.45, 7) is 1.59. The highest BCUT2D eigenvalue weighted by molar-refractivity contribution is 6.24. The van der Waals surface area contributed by atoms with Crippen LogP contribution in [-0.4, -0.2) is 48.6 Å². The summed E-state index contributed by atoms with van der Waals surface area (Å²) in [6.07, 6.45) is 3.25. The van der Waals surface area contributed by atoms with Crippen LogP contribution in [0.15, 0.2) is 77.8 Å². The standard InChI is InChI=1S/C29H27N3O4/c1-36-29(35)21-12-15-23-24(18-21)31-27(33)25(23)26(19-8-4-2-5-9-19)30-22-13-10-20(11-14-22)28(34)32-16-6-3-7-17-32/h2,4-5,8-15,18,25H,3,6-7,16-17H2,1H3,(H,31,33). The zero-order chi connectivity index (χ0) is 25.1. The Balaban J connectivity index is 1.50. The number of aliphatic imine (C=N–C) groups is 1. The Morgan fingerprint density at radius 2 is 1.58 bits per heavy atom. The van der Waals surface area contributed by atoms with E-state index in [1.54, 1.807) is 30.3 Å². The van der Waals surface area contributed by atoms with Gasteiger partial charge < -0.3 is 15.0 Å². The lowest BCUT2D eigenvalue weighted by atomic mass is 9.90. The molecule has 2 heterocycles. The van der Waals surface area contributed by atoms with Crippen molar-refractivity contribution in [1.29, 1.82) is 0 Å². The van der Waals surface area contributed by atoms with E-state index in [0.717, 1.165) is 37.1 Å². The van der Waals surface area contributed by atoms with E-state index in [1.165, 1.54) is 13.5 Å². The fraction of sp³-hybridized carbons (Fsp3) is 0.241. The average Bonchev–Trinajstić information content (AvgIpc) is 3.26. The number of esters is 1. The summed E-state index contributed by atoms with van der Waals surface area (Å²) in [5, 5.41) is 2.89. The second-order valence-electron chi connectivity index (χ2n) is 8.98. The first-order valence-electron chi connectivity index (χ1n) is 12.1. The summed E-state index contributed by atoms with van der Waals surface area (Å²) in [5.74, 6) is -1.29. The molecular weight excluding hydrogens is 454 g/mol. The van der Waals surface area contributed by atoms with Gasteiger partial charge in [0.25, 0.3) is 5.91 Å². The second-order valence-corrected chi connectivity index (χ2v) is 8.98. The van der Waals surface area contributed by atoms with Crippen LogP contribution in [0, 0.1) is 0 Å². The molecule has 3 aromatic rings. The van der Waals surface area contributed by atoms with Gasteiger partial charge in [-0.25, -0.2) is 4.79 Å². The van der Waals surface area contributed by atoms with Crippen molar-refractivity contribution in [2.45, 2.75) is 25.2 Å². The minimum absolute atomic E-state index is 0.0408.